The fourth-order valence-electron chi connectivity index (χ4n) is 3.36. The number of aliphatic hydroxyl groups excluding tert-OH is 2. The van der Waals surface area contributed by atoms with E-state index in [1.807, 2.05) is 0 Å². The molecule has 0 aromatic carbocycles. The third-order valence-electron chi connectivity index (χ3n) is 5.13. The van der Waals surface area contributed by atoms with Crippen molar-refractivity contribution < 1.29 is 61.4 Å². The van der Waals surface area contributed by atoms with Crippen molar-refractivity contribution in [1.29, 1.82) is 0 Å². The highest BCUT2D eigenvalue weighted by atomic mass is 31.3. The maximum absolute atomic E-state index is 12.3. The van der Waals surface area contributed by atoms with Crippen LogP contribution in [0.15, 0.2) is 15.8 Å². The number of hydrogen-bond donors (Lipinski definition) is 7. The highest BCUT2D eigenvalue weighted by molar-refractivity contribution is 7.66. The van der Waals surface area contributed by atoms with Crippen LogP contribution in [0.4, 0.5) is 0 Å². The average molecular weight is 567 g/mol. The van der Waals surface area contributed by atoms with Crippen LogP contribution >= 0.6 is 23.5 Å². The van der Waals surface area contributed by atoms with E-state index in [1.165, 1.54) is 4.57 Å². The number of nitrogens with one attached hydrogen (secondary N) is 1. The van der Waals surface area contributed by atoms with Gasteiger partial charge in [0.2, 0.25) is 0 Å². The summed E-state index contributed by atoms with van der Waals surface area (Å²) < 4.78 is 52.0. The molecule has 3 heterocycles. The van der Waals surface area contributed by atoms with Gasteiger partial charge in [-0.05, 0) is 19.5 Å². The lowest BCUT2D eigenvalue weighted by atomic mass is 10.0. The Morgan fingerprint density at radius 2 is 1.66 bits per heavy atom. The summed E-state index contributed by atoms with van der Waals surface area (Å²) in [7, 11) is -16.8. The molecule has 6 atom stereocenters. The number of aromatic amines is 1. The van der Waals surface area contributed by atoms with Crippen LogP contribution in [-0.4, -0.2) is 88.8 Å². The maximum atomic E-state index is 12.3. The summed E-state index contributed by atoms with van der Waals surface area (Å²) in [6, 6.07) is 0. The molecule has 1 aromatic rings. The molecule has 2 aliphatic heterocycles. The first-order chi connectivity index (χ1) is 16.1. The molecule has 2 aliphatic rings. The second kappa shape index (κ2) is 10.7. The summed E-state index contributed by atoms with van der Waals surface area (Å²) >= 11 is 0. The molecule has 0 amide bonds. The largest absolute Gasteiger partial charge is 0.490 e. The van der Waals surface area contributed by atoms with Gasteiger partial charge in [0.25, 0.3) is 5.56 Å². The fourth-order valence-corrected chi connectivity index (χ4v) is 6.39. The molecule has 7 N–H and O–H groups in total. The molecule has 0 spiro atoms. The highest BCUT2D eigenvalue weighted by Gasteiger charge is 2.47. The van der Waals surface area contributed by atoms with E-state index in [0.717, 1.165) is 25.7 Å². The molecule has 2 saturated heterocycles. The molecule has 18 nitrogen and oxygen atoms in total. The molecule has 4 unspecified atom stereocenters. The minimum absolute atomic E-state index is 0.222. The van der Waals surface area contributed by atoms with Gasteiger partial charge in [-0.15, -0.1) is 0 Å². The molecular formula is C14H24N3O15P3. The van der Waals surface area contributed by atoms with Gasteiger partial charge in [0, 0.05) is 19.3 Å². The van der Waals surface area contributed by atoms with Crippen LogP contribution in [0.3, 0.4) is 0 Å². The predicted octanol–water partition coefficient (Wildman–Crippen LogP) is -2.25. The Labute approximate surface area is 196 Å². The predicted molar refractivity (Wildman–Crippen MR) is 112 cm³/mol. The van der Waals surface area contributed by atoms with Crippen LogP contribution in [0.25, 0.3) is 0 Å². The number of phosphoric ester groups is 1. The van der Waals surface area contributed by atoms with Crippen LogP contribution in [0.5, 0.6) is 0 Å². The van der Waals surface area contributed by atoms with Crippen LogP contribution < -0.4 is 11.2 Å². The van der Waals surface area contributed by atoms with Crippen LogP contribution in [0.1, 0.15) is 18.1 Å². The van der Waals surface area contributed by atoms with Gasteiger partial charge >= 0.3 is 29.2 Å². The van der Waals surface area contributed by atoms with E-state index in [9.17, 15) is 38.4 Å². The first-order valence-electron chi connectivity index (χ1n) is 9.93. The van der Waals surface area contributed by atoms with Crippen molar-refractivity contribution in [3.05, 3.63) is 32.6 Å². The Morgan fingerprint density at radius 3 is 2.23 bits per heavy atom. The number of rotatable bonds is 11. The number of aromatic nitrogens is 2. The molecule has 200 valence electrons. The van der Waals surface area contributed by atoms with Crippen molar-refractivity contribution in [1.82, 2.24) is 14.5 Å². The topological polar surface area (TPSA) is 268 Å². The first-order valence-corrected chi connectivity index (χ1v) is 14.4. The third kappa shape index (κ3) is 7.71. The Morgan fingerprint density at radius 1 is 1.00 bits per heavy atom. The Hall–Kier alpha value is -1.07. The van der Waals surface area contributed by atoms with Gasteiger partial charge in [-0.3, -0.25) is 18.9 Å². The van der Waals surface area contributed by atoms with Gasteiger partial charge in [0.15, 0.2) is 0 Å². The number of phosphoric acid groups is 3. The molecule has 1 aromatic heterocycles. The van der Waals surface area contributed by atoms with E-state index < -0.39 is 65.7 Å². The molecule has 21 heteroatoms. The van der Waals surface area contributed by atoms with Crippen LogP contribution in [-0.2, 0) is 38.1 Å². The summed E-state index contributed by atoms with van der Waals surface area (Å²) in [4.78, 5) is 64.3. The summed E-state index contributed by atoms with van der Waals surface area (Å²) in [6.45, 7) is 1.47. The fraction of sp³-hybridized carbons (Fsp3) is 0.714. The van der Waals surface area contributed by atoms with Crippen molar-refractivity contribution >= 4 is 23.5 Å². The smallest absolute Gasteiger partial charge is 0.387 e. The summed E-state index contributed by atoms with van der Waals surface area (Å²) in [5.41, 5.74) is -1.82. The third-order valence-corrected chi connectivity index (χ3v) is 8.93. The highest BCUT2D eigenvalue weighted by Crippen LogP contribution is 2.66. The Kier molecular flexibility index (Phi) is 8.74. The van der Waals surface area contributed by atoms with E-state index >= 15 is 0 Å². The lowest BCUT2D eigenvalue weighted by Gasteiger charge is -2.30. The number of likely N-dealkylation sites (tertiary alicyclic amines) is 1. The average Bonchev–Trinajstić information content (AvgIpc) is 2.92. The first kappa shape index (κ1) is 28.5. The zero-order valence-electron chi connectivity index (χ0n) is 17.7. The van der Waals surface area contributed by atoms with E-state index in [4.69, 9.17) is 19.4 Å². The summed E-state index contributed by atoms with van der Waals surface area (Å²) in [6.07, 6.45) is -4.39. The van der Waals surface area contributed by atoms with E-state index in [2.05, 4.69) is 23.0 Å². The molecule has 35 heavy (non-hydrogen) atoms. The minimum Gasteiger partial charge on any atom is -0.387 e. The van der Waals surface area contributed by atoms with Crippen LogP contribution in [0, 0.1) is 0 Å². The number of nitrogens with zero attached hydrogens (tertiary/aromatic N) is 2. The molecule has 0 radical (unpaired) electrons. The maximum Gasteiger partial charge on any atom is 0.490 e. The quantitative estimate of drug-likeness (QED) is 0.139. The zero-order valence-corrected chi connectivity index (χ0v) is 20.4. The van der Waals surface area contributed by atoms with Crippen molar-refractivity contribution in [3.8, 4) is 0 Å². The Balaban J connectivity index is 1.67. The van der Waals surface area contributed by atoms with Crippen molar-refractivity contribution in [2.45, 2.75) is 37.4 Å². The second-order valence-corrected chi connectivity index (χ2v) is 12.1. The molecular weight excluding hydrogens is 543 g/mol. The number of aliphatic hydroxyl groups is 2. The molecule has 0 saturated carbocycles. The molecule has 2 fully saturated rings. The lowest BCUT2D eigenvalue weighted by molar-refractivity contribution is -0.0228. The number of ether oxygens (including phenoxy) is 1. The summed E-state index contributed by atoms with van der Waals surface area (Å²) in [5, 5.41) is 20.6. The van der Waals surface area contributed by atoms with Crippen molar-refractivity contribution in [2.24, 2.45) is 0 Å². The van der Waals surface area contributed by atoms with Gasteiger partial charge < -0.3 is 39.4 Å². The summed E-state index contributed by atoms with van der Waals surface area (Å²) in [5.74, 6) is 0. The van der Waals surface area contributed by atoms with Gasteiger partial charge in [-0.2, -0.15) is 8.62 Å². The van der Waals surface area contributed by atoms with E-state index in [1.54, 1.807) is 0 Å². The zero-order chi connectivity index (χ0) is 26.2. The standard InChI is InChI=1S/C14H24N3O15P3/c18-10-9(7-29-34(25,26)32-35(27,28)31-33(22,23)24)30-12(11(10)19)8-6-17(14(21)15-13(8)20)5-4-16-2-1-3-16/h6,9-12,18-19H,1-5,7H2,(H,25,26)(H,27,28)(H,15,20,21)(H2,22,23,24)/t9-,10?,11?,12+/m1/s1. The monoisotopic (exact) mass is 567 g/mol. The second-order valence-electron chi connectivity index (χ2n) is 7.70. The molecule has 0 bridgehead atoms. The SMILES string of the molecule is O=c1[nH]c(=O)n(CCN2CCC2)cc1[C@@H]1O[C@H](COP(=O)(O)OP(=O)(O)OP(=O)(O)O)C(O)C1O. The van der Waals surface area contributed by atoms with Gasteiger partial charge in [0.05, 0.1) is 12.2 Å². The van der Waals surface area contributed by atoms with Gasteiger partial charge in [0.1, 0.15) is 24.4 Å². The Bertz CT molecular complexity index is 1180. The number of hydrogen-bond acceptors (Lipinski definition) is 12. The normalized spacial score (nSPS) is 28.9. The van der Waals surface area contributed by atoms with Crippen molar-refractivity contribution in [2.75, 3.05) is 26.2 Å². The van der Waals surface area contributed by atoms with Crippen LogP contribution in [0.2, 0.25) is 0 Å². The minimum atomic E-state index is -5.75. The number of H-pyrrole nitrogens is 1. The molecule has 0 aliphatic carbocycles. The van der Waals surface area contributed by atoms with E-state index in [0.29, 0.717) is 6.54 Å². The van der Waals surface area contributed by atoms with Crippen molar-refractivity contribution in [3.63, 3.8) is 0 Å². The van der Waals surface area contributed by atoms with E-state index in [-0.39, 0.29) is 12.1 Å². The molecule has 3 rings (SSSR count). The lowest BCUT2D eigenvalue weighted by Crippen LogP contribution is -2.42. The van der Waals surface area contributed by atoms with Gasteiger partial charge in [-0.1, -0.05) is 0 Å². The van der Waals surface area contributed by atoms with Gasteiger partial charge in [-0.25, -0.2) is 18.5 Å².